The summed E-state index contributed by atoms with van der Waals surface area (Å²) in [7, 11) is 0. The van der Waals surface area contributed by atoms with Gasteiger partial charge in [-0.15, -0.1) is 11.8 Å². The van der Waals surface area contributed by atoms with E-state index >= 15 is 0 Å². The number of hydrogen-bond donors (Lipinski definition) is 4. The van der Waals surface area contributed by atoms with Gasteiger partial charge in [0.2, 0.25) is 5.91 Å². The summed E-state index contributed by atoms with van der Waals surface area (Å²) in [4.78, 5) is 46.0. The molecule has 0 bridgehead atoms. The zero-order valence-electron chi connectivity index (χ0n) is 11.3. The molecule has 1 fully saturated rings. The highest BCUT2D eigenvalue weighted by Gasteiger charge is 2.54. The summed E-state index contributed by atoms with van der Waals surface area (Å²) in [6.45, 7) is 0. The van der Waals surface area contributed by atoms with Gasteiger partial charge in [-0.2, -0.15) is 0 Å². The van der Waals surface area contributed by atoms with Gasteiger partial charge in [-0.05, 0) is 6.42 Å². The van der Waals surface area contributed by atoms with E-state index in [9.17, 15) is 24.3 Å². The number of carbonyl (C=O) groups is 4. The number of carboxylic acid groups (broad SMARTS) is 2. The van der Waals surface area contributed by atoms with Gasteiger partial charge in [-0.1, -0.05) is 0 Å². The molecule has 22 heavy (non-hydrogen) atoms. The third-order valence-electron chi connectivity index (χ3n) is 3.26. The molecule has 0 aromatic rings. The van der Waals surface area contributed by atoms with E-state index in [1.807, 2.05) is 0 Å². The number of β-lactam (4-membered cyclic amide) rings is 1. The minimum atomic E-state index is -1.40. The quantitative estimate of drug-likeness (QED) is 0.477. The number of rotatable bonds is 6. The van der Waals surface area contributed by atoms with Crippen molar-refractivity contribution in [2.24, 2.45) is 0 Å². The number of nitrogens with zero attached hydrogens (tertiary/aromatic N) is 1. The summed E-state index contributed by atoms with van der Waals surface area (Å²) >= 11 is 1.15. The summed E-state index contributed by atoms with van der Waals surface area (Å²) < 4.78 is 0. The number of aliphatic hydroxyl groups is 1. The van der Waals surface area contributed by atoms with E-state index in [0.717, 1.165) is 16.7 Å². The molecule has 2 aliphatic heterocycles. The molecule has 0 aromatic carbocycles. The van der Waals surface area contributed by atoms with Crippen molar-refractivity contribution in [3.05, 3.63) is 11.5 Å². The summed E-state index contributed by atoms with van der Waals surface area (Å²) in [6.07, 6.45) is -0.0128. The number of carboxylic acids is 2. The lowest BCUT2D eigenvalue weighted by atomic mass is 10.0. The third kappa shape index (κ3) is 3.01. The van der Waals surface area contributed by atoms with Crippen LogP contribution in [0.4, 0.5) is 0 Å². The first kappa shape index (κ1) is 16.1. The molecule has 2 amide bonds. The molecule has 2 rings (SSSR count). The third-order valence-corrected chi connectivity index (χ3v) is 4.53. The molecule has 2 aliphatic rings. The smallest absolute Gasteiger partial charge is 0.356 e. The van der Waals surface area contributed by atoms with Crippen molar-refractivity contribution in [1.82, 2.24) is 10.2 Å². The fourth-order valence-corrected chi connectivity index (χ4v) is 3.45. The van der Waals surface area contributed by atoms with Crippen molar-refractivity contribution in [3.8, 4) is 0 Å². The topological polar surface area (TPSA) is 144 Å². The van der Waals surface area contributed by atoms with Gasteiger partial charge in [0.05, 0.1) is 5.75 Å². The van der Waals surface area contributed by atoms with Crippen LogP contribution in [-0.4, -0.2) is 61.1 Å². The highest BCUT2D eigenvalue weighted by atomic mass is 32.2. The molecule has 120 valence electrons. The molecule has 0 aromatic heterocycles. The van der Waals surface area contributed by atoms with Gasteiger partial charge < -0.3 is 20.6 Å². The summed E-state index contributed by atoms with van der Waals surface area (Å²) in [5.41, 5.74) is -0.454. The number of thioether (sulfide) groups is 1. The van der Waals surface area contributed by atoms with Crippen LogP contribution in [0.25, 0.3) is 0 Å². The van der Waals surface area contributed by atoms with E-state index in [4.69, 9.17) is 10.2 Å². The summed E-state index contributed by atoms with van der Waals surface area (Å²) in [5.74, 6) is -3.81. The van der Waals surface area contributed by atoms with Crippen LogP contribution < -0.4 is 5.32 Å². The maximum Gasteiger partial charge on any atom is 0.356 e. The second kappa shape index (κ2) is 6.26. The second-order valence-electron chi connectivity index (χ2n) is 4.80. The van der Waals surface area contributed by atoms with Gasteiger partial charge in [-0.3, -0.25) is 19.3 Å². The zero-order chi connectivity index (χ0) is 16.4. The van der Waals surface area contributed by atoms with Crippen LogP contribution in [-0.2, 0) is 19.2 Å². The summed E-state index contributed by atoms with van der Waals surface area (Å²) in [6, 6.07) is -0.857. The number of carbonyl (C=O) groups excluding carboxylic acids is 2. The Bertz CT molecular complexity index is 574. The Kier molecular flexibility index (Phi) is 4.59. The SMILES string of the molecule is O=C(O)CCCC(=O)N[C@@H]1C(=O)N2C(C(=O)O)=C(O)CS[C@H]12. The van der Waals surface area contributed by atoms with E-state index in [-0.39, 0.29) is 30.8 Å². The number of aliphatic hydroxyl groups excluding tert-OH is 1. The average molecular weight is 330 g/mol. The van der Waals surface area contributed by atoms with Crippen molar-refractivity contribution >= 4 is 35.5 Å². The minimum absolute atomic E-state index is 0.0274. The van der Waals surface area contributed by atoms with Crippen molar-refractivity contribution in [2.45, 2.75) is 30.7 Å². The van der Waals surface area contributed by atoms with Crippen molar-refractivity contribution in [2.75, 3.05) is 5.75 Å². The number of fused-ring (bicyclic) bond motifs is 1. The van der Waals surface area contributed by atoms with Gasteiger partial charge in [0, 0.05) is 12.8 Å². The number of amides is 2. The number of nitrogens with one attached hydrogen (secondary N) is 1. The van der Waals surface area contributed by atoms with Gasteiger partial charge in [0.1, 0.15) is 17.2 Å². The monoisotopic (exact) mass is 330 g/mol. The number of aliphatic carboxylic acids is 2. The Balaban J connectivity index is 1.94. The zero-order valence-corrected chi connectivity index (χ0v) is 12.1. The standard InChI is InChI=1S/C12H14N2O7S/c15-5-4-22-11-8(10(19)14(11)9(5)12(20)21)13-6(16)2-1-3-7(17)18/h8,11,15H,1-4H2,(H,13,16)(H,17,18)(H,20,21)/t8-,11-/m1/s1. The summed E-state index contributed by atoms with van der Waals surface area (Å²) in [5, 5.41) is 29.0. The molecule has 9 nitrogen and oxygen atoms in total. The lowest BCUT2D eigenvalue weighted by molar-refractivity contribution is -0.151. The molecule has 0 unspecified atom stereocenters. The Morgan fingerprint density at radius 3 is 2.55 bits per heavy atom. The molecule has 4 N–H and O–H groups in total. The maximum absolute atomic E-state index is 12.0. The molecular weight excluding hydrogens is 316 g/mol. The Hall–Kier alpha value is -2.23. The first-order valence-electron chi connectivity index (χ1n) is 6.44. The first-order valence-corrected chi connectivity index (χ1v) is 7.49. The van der Waals surface area contributed by atoms with E-state index in [1.54, 1.807) is 0 Å². The Morgan fingerprint density at radius 2 is 1.95 bits per heavy atom. The average Bonchev–Trinajstić information content (AvgIpc) is 2.43. The minimum Gasteiger partial charge on any atom is -0.509 e. The molecule has 0 radical (unpaired) electrons. The molecule has 2 heterocycles. The van der Waals surface area contributed by atoms with E-state index in [1.165, 1.54) is 0 Å². The Labute approximate surface area is 129 Å². The lowest BCUT2D eigenvalue weighted by Gasteiger charge is -2.48. The van der Waals surface area contributed by atoms with Gasteiger partial charge in [0.15, 0.2) is 5.70 Å². The predicted octanol–water partition coefficient (Wildman–Crippen LogP) is -0.505. The van der Waals surface area contributed by atoms with Crippen LogP contribution in [0.2, 0.25) is 0 Å². The second-order valence-corrected chi connectivity index (χ2v) is 5.91. The van der Waals surface area contributed by atoms with Crippen LogP contribution in [0.3, 0.4) is 0 Å². The van der Waals surface area contributed by atoms with Crippen molar-refractivity contribution < 1.29 is 34.5 Å². The van der Waals surface area contributed by atoms with Crippen molar-refractivity contribution in [1.29, 1.82) is 0 Å². The lowest BCUT2D eigenvalue weighted by Crippen LogP contribution is -2.70. The number of hydrogen-bond acceptors (Lipinski definition) is 6. The normalized spacial score (nSPS) is 23.6. The van der Waals surface area contributed by atoms with Crippen molar-refractivity contribution in [3.63, 3.8) is 0 Å². The van der Waals surface area contributed by atoms with Crippen LogP contribution in [0.5, 0.6) is 0 Å². The van der Waals surface area contributed by atoms with Crippen LogP contribution in [0, 0.1) is 0 Å². The van der Waals surface area contributed by atoms with Crippen LogP contribution in [0.1, 0.15) is 19.3 Å². The van der Waals surface area contributed by atoms with Gasteiger partial charge >= 0.3 is 11.9 Å². The molecule has 0 spiro atoms. The van der Waals surface area contributed by atoms with E-state index in [0.29, 0.717) is 0 Å². The highest BCUT2D eigenvalue weighted by molar-refractivity contribution is 8.00. The fraction of sp³-hybridized carbons (Fsp3) is 0.500. The highest BCUT2D eigenvalue weighted by Crippen LogP contribution is 2.39. The molecule has 10 heteroatoms. The predicted molar refractivity (Wildman–Crippen MR) is 73.8 cm³/mol. The van der Waals surface area contributed by atoms with Gasteiger partial charge in [0.25, 0.3) is 5.91 Å². The molecule has 0 saturated carbocycles. The molecular formula is C12H14N2O7S. The van der Waals surface area contributed by atoms with Crippen LogP contribution >= 0.6 is 11.8 Å². The van der Waals surface area contributed by atoms with Gasteiger partial charge in [-0.25, -0.2) is 4.79 Å². The molecule has 1 saturated heterocycles. The van der Waals surface area contributed by atoms with Crippen LogP contribution in [0.15, 0.2) is 11.5 Å². The Morgan fingerprint density at radius 1 is 1.27 bits per heavy atom. The maximum atomic E-state index is 12.0. The van der Waals surface area contributed by atoms with E-state index < -0.39 is 40.9 Å². The molecule has 0 aliphatic carbocycles. The first-order chi connectivity index (χ1) is 10.3. The largest absolute Gasteiger partial charge is 0.509 e. The molecule has 2 atom stereocenters. The fourth-order valence-electron chi connectivity index (χ4n) is 2.25. The van der Waals surface area contributed by atoms with E-state index in [2.05, 4.69) is 5.32 Å².